The van der Waals surface area contributed by atoms with E-state index in [1.807, 2.05) is 0 Å². The maximum absolute atomic E-state index is 13.5. The van der Waals surface area contributed by atoms with Crippen LogP contribution in [-0.2, 0) is 0 Å². The van der Waals surface area contributed by atoms with E-state index in [-0.39, 0.29) is 5.69 Å². The smallest absolute Gasteiger partial charge is 0.205 e. The largest absolute Gasteiger partial charge is 0.399 e. The van der Waals surface area contributed by atoms with E-state index < -0.39 is 11.6 Å². The van der Waals surface area contributed by atoms with Crippen molar-refractivity contribution in [2.75, 3.05) is 11.1 Å². The molecule has 0 fully saturated rings. The molecule has 4 N–H and O–H groups in total. The first-order chi connectivity index (χ1) is 9.11. The quantitative estimate of drug-likeness (QED) is 0.620. The normalized spacial score (nSPS) is 10.8. The van der Waals surface area contributed by atoms with Crippen LogP contribution in [0.3, 0.4) is 0 Å². The van der Waals surface area contributed by atoms with E-state index in [0.717, 1.165) is 11.6 Å². The number of halogens is 2. The molecule has 4 nitrogen and oxygen atoms in total. The summed E-state index contributed by atoms with van der Waals surface area (Å²) in [7, 11) is 0. The number of hydrogen-bond acceptors (Lipinski definition) is 3. The molecule has 1 aromatic heterocycles. The number of rotatable bonds is 2. The molecule has 0 saturated carbocycles. The van der Waals surface area contributed by atoms with E-state index in [4.69, 9.17) is 5.73 Å². The Labute approximate surface area is 107 Å². The summed E-state index contributed by atoms with van der Waals surface area (Å²) >= 11 is 0. The van der Waals surface area contributed by atoms with Crippen LogP contribution in [0.25, 0.3) is 11.0 Å². The van der Waals surface area contributed by atoms with Crippen molar-refractivity contribution in [3.63, 3.8) is 0 Å². The molecule has 0 saturated heterocycles. The number of hydrogen-bond donors (Lipinski definition) is 3. The van der Waals surface area contributed by atoms with Gasteiger partial charge in [0.25, 0.3) is 0 Å². The lowest BCUT2D eigenvalue weighted by Crippen LogP contribution is -1.95. The van der Waals surface area contributed by atoms with E-state index >= 15 is 0 Å². The maximum Gasteiger partial charge on any atom is 0.205 e. The Morgan fingerprint density at radius 1 is 1.11 bits per heavy atom. The lowest BCUT2D eigenvalue weighted by atomic mass is 10.3. The number of aromatic amines is 1. The standard InChI is InChI=1S/C13H10F2N4/c14-7-1-3-10(9(15)5-7)17-13-18-11-4-2-8(16)6-12(11)19-13/h1-6H,16H2,(H2,17,18,19). The molecule has 0 aliphatic carbocycles. The van der Waals surface area contributed by atoms with Crippen molar-refractivity contribution in [1.82, 2.24) is 9.97 Å². The number of aromatic nitrogens is 2. The van der Waals surface area contributed by atoms with E-state index in [9.17, 15) is 8.78 Å². The van der Waals surface area contributed by atoms with Crippen molar-refractivity contribution in [3.8, 4) is 0 Å². The van der Waals surface area contributed by atoms with Gasteiger partial charge in [-0.05, 0) is 30.3 Å². The van der Waals surface area contributed by atoms with Crippen LogP contribution < -0.4 is 11.1 Å². The maximum atomic E-state index is 13.5. The van der Waals surface area contributed by atoms with Crippen molar-refractivity contribution in [2.45, 2.75) is 0 Å². The lowest BCUT2D eigenvalue weighted by Gasteiger charge is -2.03. The molecule has 0 atom stereocenters. The number of anilines is 3. The molecule has 2 aromatic carbocycles. The van der Waals surface area contributed by atoms with Crippen LogP contribution in [-0.4, -0.2) is 9.97 Å². The van der Waals surface area contributed by atoms with Crippen molar-refractivity contribution in [1.29, 1.82) is 0 Å². The fraction of sp³-hybridized carbons (Fsp3) is 0. The zero-order valence-electron chi connectivity index (χ0n) is 9.74. The van der Waals surface area contributed by atoms with Gasteiger partial charge in [0.15, 0.2) is 0 Å². The van der Waals surface area contributed by atoms with Crippen LogP contribution in [0, 0.1) is 11.6 Å². The Kier molecular flexibility index (Phi) is 2.56. The molecule has 0 radical (unpaired) electrons. The summed E-state index contributed by atoms with van der Waals surface area (Å²) < 4.78 is 26.3. The number of imidazole rings is 1. The Balaban J connectivity index is 1.96. The monoisotopic (exact) mass is 260 g/mol. The number of nitrogens with two attached hydrogens (primary N) is 1. The van der Waals surface area contributed by atoms with Crippen molar-refractivity contribution < 1.29 is 8.78 Å². The van der Waals surface area contributed by atoms with Gasteiger partial charge in [0.05, 0.1) is 16.7 Å². The molecule has 3 rings (SSSR count). The first-order valence-corrected chi connectivity index (χ1v) is 5.59. The summed E-state index contributed by atoms with van der Waals surface area (Å²) in [6.45, 7) is 0. The third-order valence-electron chi connectivity index (χ3n) is 2.69. The summed E-state index contributed by atoms with van der Waals surface area (Å²) in [6.07, 6.45) is 0. The topological polar surface area (TPSA) is 66.7 Å². The molecule has 6 heteroatoms. The zero-order chi connectivity index (χ0) is 13.4. The fourth-order valence-corrected chi connectivity index (χ4v) is 1.80. The number of H-pyrrole nitrogens is 1. The minimum atomic E-state index is -0.681. The van der Waals surface area contributed by atoms with Gasteiger partial charge in [0.1, 0.15) is 11.6 Å². The van der Waals surface area contributed by atoms with E-state index in [1.165, 1.54) is 12.1 Å². The summed E-state index contributed by atoms with van der Waals surface area (Å²) in [6, 6.07) is 8.51. The Morgan fingerprint density at radius 2 is 1.95 bits per heavy atom. The molecule has 0 bridgehead atoms. The number of nitrogens with one attached hydrogen (secondary N) is 2. The number of nitrogens with zero attached hydrogens (tertiary/aromatic N) is 1. The SMILES string of the molecule is Nc1ccc2nc(Nc3ccc(F)cc3F)[nH]c2c1. The molecule has 0 aliphatic rings. The van der Waals surface area contributed by atoms with Crippen molar-refractivity contribution in [3.05, 3.63) is 48.0 Å². The third-order valence-corrected chi connectivity index (χ3v) is 2.69. The molecule has 0 spiro atoms. The average molecular weight is 260 g/mol. The minimum absolute atomic E-state index is 0.147. The van der Waals surface area contributed by atoms with Crippen LogP contribution in [0.15, 0.2) is 36.4 Å². The van der Waals surface area contributed by atoms with Gasteiger partial charge in [-0.1, -0.05) is 0 Å². The van der Waals surface area contributed by atoms with Gasteiger partial charge in [0, 0.05) is 11.8 Å². The van der Waals surface area contributed by atoms with Gasteiger partial charge in [-0.2, -0.15) is 0 Å². The first-order valence-electron chi connectivity index (χ1n) is 5.59. The molecule has 19 heavy (non-hydrogen) atoms. The summed E-state index contributed by atoms with van der Waals surface area (Å²) in [5.41, 5.74) is 7.86. The number of benzene rings is 2. The summed E-state index contributed by atoms with van der Waals surface area (Å²) in [4.78, 5) is 7.19. The van der Waals surface area contributed by atoms with Crippen LogP contribution in [0.1, 0.15) is 0 Å². The van der Waals surface area contributed by atoms with Gasteiger partial charge in [-0.25, -0.2) is 13.8 Å². The molecule has 1 heterocycles. The van der Waals surface area contributed by atoms with Crippen LogP contribution in [0.2, 0.25) is 0 Å². The highest BCUT2D eigenvalue weighted by atomic mass is 19.1. The van der Waals surface area contributed by atoms with Gasteiger partial charge in [-0.15, -0.1) is 0 Å². The highest BCUT2D eigenvalue weighted by molar-refractivity contribution is 5.81. The molecule has 0 unspecified atom stereocenters. The highest BCUT2D eigenvalue weighted by Crippen LogP contribution is 2.22. The first kappa shape index (κ1) is 11.5. The lowest BCUT2D eigenvalue weighted by molar-refractivity contribution is 0.586. The minimum Gasteiger partial charge on any atom is -0.399 e. The van der Waals surface area contributed by atoms with Crippen LogP contribution in [0.5, 0.6) is 0 Å². The van der Waals surface area contributed by atoms with Gasteiger partial charge < -0.3 is 16.0 Å². The molecular formula is C13H10F2N4. The highest BCUT2D eigenvalue weighted by Gasteiger charge is 2.07. The summed E-state index contributed by atoms with van der Waals surface area (Å²) in [5, 5.41) is 2.76. The van der Waals surface area contributed by atoms with Gasteiger partial charge in [-0.3, -0.25) is 0 Å². The number of fused-ring (bicyclic) bond motifs is 1. The van der Waals surface area contributed by atoms with E-state index in [2.05, 4.69) is 15.3 Å². The van der Waals surface area contributed by atoms with E-state index in [0.29, 0.717) is 17.2 Å². The zero-order valence-corrected chi connectivity index (χ0v) is 9.74. The third kappa shape index (κ3) is 2.20. The fourth-order valence-electron chi connectivity index (χ4n) is 1.80. The Bertz CT molecular complexity index is 751. The van der Waals surface area contributed by atoms with Crippen molar-refractivity contribution >= 4 is 28.4 Å². The summed E-state index contributed by atoms with van der Waals surface area (Å²) in [5.74, 6) is -0.938. The Morgan fingerprint density at radius 3 is 2.74 bits per heavy atom. The average Bonchev–Trinajstić information content (AvgIpc) is 2.74. The molecular weight excluding hydrogens is 250 g/mol. The van der Waals surface area contributed by atoms with Crippen LogP contribution in [0.4, 0.5) is 26.1 Å². The van der Waals surface area contributed by atoms with Gasteiger partial charge in [0.2, 0.25) is 5.95 Å². The molecule has 0 amide bonds. The van der Waals surface area contributed by atoms with Crippen molar-refractivity contribution in [2.24, 2.45) is 0 Å². The predicted molar refractivity (Wildman–Crippen MR) is 70.1 cm³/mol. The second-order valence-corrected chi connectivity index (χ2v) is 4.11. The van der Waals surface area contributed by atoms with Crippen LogP contribution >= 0.6 is 0 Å². The second kappa shape index (κ2) is 4.24. The Hall–Kier alpha value is -2.63. The molecule has 3 aromatic rings. The molecule has 0 aliphatic heterocycles. The molecule has 96 valence electrons. The van der Waals surface area contributed by atoms with E-state index in [1.54, 1.807) is 18.2 Å². The van der Waals surface area contributed by atoms with Gasteiger partial charge >= 0.3 is 0 Å². The second-order valence-electron chi connectivity index (χ2n) is 4.11. The number of nitrogen functional groups attached to an aromatic ring is 1. The predicted octanol–water partition coefficient (Wildman–Crippen LogP) is 3.17.